The van der Waals surface area contributed by atoms with E-state index in [4.69, 9.17) is 0 Å². The van der Waals surface area contributed by atoms with E-state index in [1.165, 1.54) is 10.7 Å². The maximum Gasteiger partial charge on any atom is 0.274 e. The molecule has 10 heteroatoms. The van der Waals surface area contributed by atoms with Crippen LogP contribution in [-0.2, 0) is 6.54 Å². The first kappa shape index (κ1) is 21.1. The molecule has 1 aliphatic rings. The van der Waals surface area contributed by atoms with Crippen LogP contribution in [0.5, 0.6) is 0 Å². The van der Waals surface area contributed by atoms with E-state index in [-0.39, 0.29) is 17.0 Å². The summed E-state index contributed by atoms with van der Waals surface area (Å²) >= 11 is 0. The molecule has 0 atom stereocenters. The van der Waals surface area contributed by atoms with Gasteiger partial charge >= 0.3 is 0 Å². The number of aromatic amines is 1. The highest BCUT2D eigenvalue weighted by Crippen LogP contribution is 2.23. The number of nitrogens with one attached hydrogen (secondary N) is 2. The minimum Gasteiger partial charge on any atom is -0.368 e. The number of piperazine rings is 1. The third-order valence-corrected chi connectivity index (χ3v) is 6.17. The predicted octanol–water partition coefficient (Wildman–Crippen LogP) is 1.70. The van der Waals surface area contributed by atoms with Crippen LogP contribution in [0.4, 0.5) is 10.1 Å². The number of H-pyrrole nitrogens is 1. The van der Waals surface area contributed by atoms with Gasteiger partial charge in [-0.15, -0.1) is 0 Å². The van der Waals surface area contributed by atoms with Crippen molar-refractivity contribution in [1.29, 1.82) is 0 Å². The van der Waals surface area contributed by atoms with E-state index in [2.05, 4.69) is 30.2 Å². The smallest absolute Gasteiger partial charge is 0.274 e. The van der Waals surface area contributed by atoms with Gasteiger partial charge in [0, 0.05) is 45.3 Å². The zero-order valence-electron chi connectivity index (χ0n) is 18.4. The summed E-state index contributed by atoms with van der Waals surface area (Å²) in [6.07, 6.45) is 1.53. The van der Waals surface area contributed by atoms with Crippen LogP contribution in [0.25, 0.3) is 16.6 Å². The number of halogens is 1. The summed E-state index contributed by atoms with van der Waals surface area (Å²) in [5.74, 6) is -0.629. The molecule has 4 heterocycles. The van der Waals surface area contributed by atoms with Gasteiger partial charge in [0.1, 0.15) is 16.7 Å². The van der Waals surface area contributed by atoms with Crippen molar-refractivity contribution < 1.29 is 9.18 Å². The summed E-state index contributed by atoms with van der Waals surface area (Å²) in [5, 5.41) is 6.73. The Kier molecular flexibility index (Phi) is 5.29. The second kappa shape index (κ2) is 8.28. The highest BCUT2D eigenvalue weighted by molar-refractivity contribution is 5.92. The molecule has 1 aliphatic heterocycles. The maximum atomic E-state index is 15.3. The number of nitrogens with zero attached hydrogens (tertiary/aromatic N) is 5. The Morgan fingerprint density at radius 3 is 2.64 bits per heavy atom. The Labute approximate surface area is 188 Å². The van der Waals surface area contributed by atoms with E-state index in [1.54, 1.807) is 31.3 Å². The average Bonchev–Trinajstić information content (AvgIpc) is 3.32. The van der Waals surface area contributed by atoms with Gasteiger partial charge in [-0.1, -0.05) is 6.07 Å². The molecule has 0 spiro atoms. The number of pyridine rings is 1. The van der Waals surface area contributed by atoms with Crippen LogP contribution in [0.15, 0.2) is 41.3 Å². The number of amides is 1. The molecule has 0 radical (unpaired) electrons. The topological polar surface area (TPSA) is 98.6 Å². The summed E-state index contributed by atoms with van der Waals surface area (Å²) in [6.45, 7) is 5.38. The van der Waals surface area contributed by atoms with Crippen LogP contribution in [0.1, 0.15) is 21.7 Å². The van der Waals surface area contributed by atoms with Crippen molar-refractivity contribution in [3.8, 4) is 0 Å². The number of aromatic nitrogens is 4. The summed E-state index contributed by atoms with van der Waals surface area (Å²) in [4.78, 5) is 35.6. The zero-order chi connectivity index (χ0) is 23.1. The van der Waals surface area contributed by atoms with Gasteiger partial charge in [0.25, 0.3) is 11.5 Å². The molecule has 3 aromatic heterocycles. The lowest BCUT2D eigenvalue weighted by molar-refractivity contribution is 0.0958. The lowest BCUT2D eigenvalue weighted by Gasteiger charge is -2.36. The van der Waals surface area contributed by atoms with Crippen molar-refractivity contribution in [2.45, 2.75) is 13.5 Å². The monoisotopic (exact) mass is 449 g/mol. The molecule has 0 bridgehead atoms. The van der Waals surface area contributed by atoms with Gasteiger partial charge in [-0.2, -0.15) is 5.10 Å². The van der Waals surface area contributed by atoms with Gasteiger partial charge in [0.05, 0.1) is 23.1 Å². The molecule has 170 valence electrons. The first-order chi connectivity index (χ1) is 16.0. The summed E-state index contributed by atoms with van der Waals surface area (Å²) in [7, 11) is 1.58. The highest BCUT2D eigenvalue weighted by atomic mass is 19.1. The minimum atomic E-state index is -0.422. The third-order valence-electron chi connectivity index (χ3n) is 6.17. The second-order valence-corrected chi connectivity index (χ2v) is 8.16. The number of carbonyl (C=O) groups is 1. The average molecular weight is 449 g/mol. The quantitative estimate of drug-likeness (QED) is 0.492. The Morgan fingerprint density at radius 1 is 1.12 bits per heavy atom. The van der Waals surface area contributed by atoms with Crippen LogP contribution in [0.3, 0.4) is 0 Å². The number of carbonyl (C=O) groups excluding carboxylic acids is 1. The van der Waals surface area contributed by atoms with Gasteiger partial charge < -0.3 is 15.2 Å². The van der Waals surface area contributed by atoms with Crippen LogP contribution in [0.2, 0.25) is 0 Å². The molecular formula is C23H24FN7O2. The van der Waals surface area contributed by atoms with Gasteiger partial charge in [-0.05, 0) is 31.2 Å². The fraction of sp³-hybridized carbons (Fsp3) is 0.304. The summed E-state index contributed by atoms with van der Waals surface area (Å²) in [5.41, 5.74) is 3.46. The number of hydrogen-bond donors (Lipinski definition) is 2. The van der Waals surface area contributed by atoms with E-state index in [1.807, 2.05) is 13.0 Å². The number of fused-ring (bicyclic) bond motifs is 3. The standard InChI is InChI=1S/C23H24FN7O2/c1-14-17(6-4-16(27-14)22(32)25-2)30-11-9-29(10-12-30)13-15-3-5-18-21(20(15)24)28-23(33)19-7-8-26-31(18)19/h3-8H,9-13H2,1-2H3,(H,25,32)(H,28,33). The van der Waals surface area contributed by atoms with Gasteiger partial charge in [0.2, 0.25) is 0 Å². The molecule has 0 unspecified atom stereocenters. The number of anilines is 1. The fourth-order valence-corrected chi connectivity index (χ4v) is 4.40. The normalized spacial score (nSPS) is 14.8. The van der Waals surface area contributed by atoms with E-state index >= 15 is 4.39 Å². The van der Waals surface area contributed by atoms with Gasteiger partial charge in [-0.3, -0.25) is 14.5 Å². The largest absolute Gasteiger partial charge is 0.368 e. The van der Waals surface area contributed by atoms with Gasteiger partial charge in [0.15, 0.2) is 5.82 Å². The van der Waals surface area contributed by atoms with Gasteiger partial charge in [-0.25, -0.2) is 13.9 Å². The Morgan fingerprint density at radius 2 is 1.91 bits per heavy atom. The van der Waals surface area contributed by atoms with E-state index in [9.17, 15) is 9.59 Å². The Bertz CT molecular complexity index is 1420. The molecule has 0 aliphatic carbocycles. The van der Waals surface area contributed by atoms with Crippen LogP contribution in [0, 0.1) is 12.7 Å². The minimum absolute atomic E-state index is 0.172. The van der Waals surface area contributed by atoms with Crippen LogP contribution >= 0.6 is 0 Å². The molecule has 33 heavy (non-hydrogen) atoms. The summed E-state index contributed by atoms with van der Waals surface area (Å²) in [6, 6.07) is 8.82. The molecule has 9 nitrogen and oxygen atoms in total. The van der Waals surface area contributed by atoms with Crippen molar-refractivity contribution in [2.24, 2.45) is 0 Å². The van der Waals surface area contributed by atoms with Crippen LogP contribution in [-0.4, -0.2) is 63.6 Å². The van der Waals surface area contributed by atoms with Crippen molar-refractivity contribution in [2.75, 3.05) is 38.1 Å². The number of aryl methyl sites for hydroxylation is 1. The first-order valence-corrected chi connectivity index (χ1v) is 10.8. The van der Waals surface area contributed by atoms with Crippen molar-refractivity contribution >= 4 is 28.1 Å². The summed E-state index contributed by atoms with van der Waals surface area (Å²) < 4.78 is 16.7. The van der Waals surface area contributed by atoms with E-state index in [0.29, 0.717) is 28.8 Å². The van der Waals surface area contributed by atoms with Crippen LogP contribution < -0.4 is 15.8 Å². The van der Waals surface area contributed by atoms with Crippen molar-refractivity contribution in [1.82, 2.24) is 29.8 Å². The van der Waals surface area contributed by atoms with Crippen molar-refractivity contribution in [3.63, 3.8) is 0 Å². The molecule has 1 fully saturated rings. The molecule has 1 saturated heterocycles. The SMILES string of the molecule is CNC(=O)c1ccc(N2CCN(Cc3ccc4c([nH]c(=O)c5ccnn54)c3F)CC2)c(C)n1. The first-order valence-electron chi connectivity index (χ1n) is 10.8. The number of rotatable bonds is 4. The fourth-order valence-electron chi connectivity index (χ4n) is 4.40. The molecular weight excluding hydrogens is 425 g/mol. The second-order valence-electron chi connectivity index (χ2n) is 8.16. The maximum absolute atomic E-state index is 15.3. The molecule has 1 aromatic carbocycles. The lowest BCUT2D eigenvalue weighted by Crippen LogP contribution is -2.46. The Balaban J connectivity index is 1.31. The van der Waals surface area contributed by atoms with Crippen molar-refractivity contribution in [3.05, 3.63) is 69.7 Å². The van der Waals surface area contributed by atoms with E-state index in [0.717, 1.165) is 37.6 Å². The number of hydrogen-bond acceptors (Lipinski definition) is 6. The van der Waals surface area contributed by atoms with E-state index < -0.39 is 5.82 Å². The lowest BCUT2D eigenvalue weighted by atomic mass is 10.1. The number of benzene rings is 1. The Hall–Kier alpha value is -3.79. The predicted molar refractivity (Wildman–Crippen MR) is 123 cm³/mol. The highest BCUT2D eigenvalue weighted by Gasteiger charge is 2.22. The molecule has 5 rings (SSSR count). The molecule has 4 aromatic rings. The third kappa shape index (κ3) is 3.72. The molecule has 0 saturated carbocycles. The zero-order valence-corrected chi connectivity index (χ0v) is 18.4. The molecule has 2 N–H and O–H groups in total. The molecule has 1 amide bonds.